The van der Waals surface area contributed by atoms with Crippen molar-refractivity contribution in [1.82, 2.24) is 9.78 Å². The van der Waals surface area contributed by atoms with Crippen LogP contribution in [0.1, 0.15) is 0 Å². The summed E-state index contributed by atoms with van der Waals surface area (Å²) >= 11 is 3.31. The molecule has 2 rings (SSSR count). The summed E-state index contributed by atoms with van der Waals surface area (Å²) in [6.45, 7) is 0.208. The number of ether oxygens (including phenoxy) is 1. The smallest absolute Gasteiger partial charge is 0.389 e. The predicted molar refractivity (Wildman–Crippen MR) is 74.5 cm³/mol. The van der Waals surface area contributed by atoms with Crippen LogP contribution in [0.5, 0.6) is 5.75 Å². The second kappa shape index (κ2) is 6.49. The van der Waals surface area contributed by atoms with Gasteiger partial charge in [-0.25, -0.2) is 0 Å². The number of halogens is 1. The van der Waals surface area contributed by atoms with Crippen LogP contribution < -0.4 is 4.74 Å². The summed E-state index contributed by atoms with van der Waals surface area (Å²) in [6, 6.07) is 8.49. The summed E-state index contributed by atoms with van der Waals surface area (Å²) in [6.07, 6.45) is 0.638. The Hall–Kier alpha value is -1.93. The average Bonchev–Trinajstić information content (AvgIpc) is 2.87. The molecular formula is C12H12BrN3O4. The number of aromatic nitrogens is 2. The summed E-state index contributed by atoms with van der Waals surface area (Å²) in [5.74, 6) is 0.393. The Balaban J connectivity index is 1.84. The molecular weight excluding hydrogens is 330 g/mol. The van der Waals surface area contributed by atoms with Crippen LogP contribution in [-0.4, -0.2) is 32.5 Å². The number of hydrogen-bond acceptors (Lipinski definition) is 5. The van der Waals surface area contributed by atoms with Gasteiger partial charge < -0.3 is 20.0 Å². The van der Waals surface area contributed by atoms with E-state index in [1.165, 1.54) is 16.9 Å². The molecule has 8 heteroatoms. The highest BCUT2D eigenvalue weighted by molar-refractivity contribution is 9.10. The van der Waals surface area contributed by atoms with Crippen LogP contribution in [0.3, 0.4) is 0 Å². The van der Waals surface area contributed by atoms with Crippen molar-refractivity contribution in [2.75, 3.05) is 6.61 Å². The Labute approximate surface area is 123 Å². The number of aliphatic hydroxyl groups excluding tert-OH is 1. The SMILES string of the molecule is O=[N+]([O-])c1ccn(CC(O)COc2ccc(Br)cc2)n1. The first-order valence-electron chi connectivity index (χ1n) is 5.79. The monoisotopic (exact) mass is 341 g/mol. The molecule has 0 saturated heterocycles. The van der Waals surface area contributed by atoms with E-state index >= 15 is 0 Å². The van der Waals surface area contributed by atoms with Gasteiger partial charge in [0.1, 0.15) is 18.5 Å². The number of nitrogens with zero attached hydrogens (tertiary/aromatic N) is 3. The van der Waals surface area contributed by atoms with Crippen molar-refractivity contribution in [3.63, 3.8) is 0 Å². The summed E-state index contributed by atoms with van der Waals surface area (Å²) in [5.41, 5.74) is 0. The van der Waals surface area contributed by atoms with Crippen molar-refractivity contribution in [3.8, 4) is 5.75 Å². The predicted octanol–water partition coefficient (Wildman–Crippen LogP) is 1.99. The fourth-order valence-corrected chi connectivity index (χ4v) is 1.81. The molecule has 0 spiro atoms. The molecule has 0 radical (unpaired) electrons. The molecule has 0 bridgehead atoms. The summed E-state index contributed by atoms with van der Waals surface area (Å²) in [4.78, 5) is 9.89. The summed E-state index contributed by atoms with van der Waals surface area (Å²) in [5, 5.41) is 24.0. The van der Waals surface area contributed by atoms with E-state index in [0.29, 0.717) is 5.75 Å². The molecule has 1 aromatic heterocycles. The lowest BCUT2D eigenvalue weighted by Gasteiger charge is -2.11. The number of rotatable bonds is 6. The van der Waals surface area contributed by atoms with E-state index in [1.807, 2.05) is 12.1 Å². The second-order valence-corrected chi connectivity index (χ2v) is 4.99. The van der Waals surface area contributed by atoms with E-state index in [0.717, 1.165) is 4.47 Å². The van der Waals surface area contributed by atoms with Crippen LogP contribution in [0.15, 0.2) is 41.0 Å². The van der Waals surface area contributed by atoms with Gasteiger partial charge in [-0.05, 0) is 29.2 Å². The fraction of sp³-hybridized carbons (Fsp3) is 0.250. The van der Waals surface area contributed by atoms with Crippen molar-refractivity contribution >= 4 is 21.7 Å². The van der Waals surface area contributed by atoms with E-state index in [2.05, 4.69) is 21.0 Å². The van der Waals surface area contributed by atoms with E-state index < -0.39 is 11.0 Å². The lowest BCUT2D eigenvalue weighted by Crippen LogP contribution is -2.23. The Kier molecular flexibility index (Phi) is 4.70. The van der Waals surface area contributed by atoms with Crippen LogP contribution >= 0.6 is 15.9 Å². The molecule has 1 atom stereocenters. The molecule has 1 unspecified atom stereocenters. The maximum Gasteiger partial charge on any atom is 0.389 e. The summed E-state index contributed by atoms with van der Waals surface area (Å²) < 4.78 is 7.66. The van der Waals surface area contributed by atoms with Gasteiger partial charge in [0, 0.05) is 4.47 Å². The largest absolute Gasteiger partial charge is 0.491 e. The quantitative estimate of drug-likeness (QED) is 0.640. The van der Waals surface area contributed by atoms with Crippen LogP contribution in [0.25, 0.3) is 0 Å². The number of hydrogen-bond donors (Lipinski definition) is 1. The van der Waals surface area contributed by atoms with E-state index in [4.69, 9.17) is 4.74 Å². The van der Waals surface area contributed by atoms with Crippen molar-refractivity contribution in [2.24, 2.45) is 0 Å². The Bertz CT molecular complexity index is 585. The Morgan fingerprint density at radius 3 is 2.70 bits per heavy atom. The lowest BCUT2D eigenvalue weighted by atomic mass is 10.3. The van der Waals surface area contributed by atoms with E-state index in [1.54, 1.807) is 12.1 Å². The first-order valence-corrected chi connectivity index (χ1v) is 6.58. The van der Waals surface area contributed by atoms with Crippen LogP contribution in [0, 0.1) is 10.1 Å². The molecule has 2 aromatic rings. The fourth-order valence-electron chi connectivity index (χ4n) is 1.54. The van der Waals surface area contributed by atoms with Gasteiger partial charge in [0.2, 0.25) is 0 Å². The number of benzene rings is 1. The molecule has 106 valence electrons. The van der Waals surface area contributed by atoms with Crippen molar-refractivity contribution < 1.29 is 14.8 Å². The maximum atomic E-state index is 10.5. The highest BCUT2D eigenvalue weighted by Gasteiger charge is 2.14. The third-order valence-corrected chi connectivity index (χ3v) is 3.00. The van der Waals surface area contributed by atoms with Crippen LogP contribution in [0.4, 0.5) is 5.82 Å². The number of nitro groups is 1. The van der Waals surface area contributed by atoms with Crippen molar-refractivity contribution in [3.05, 3.63) is 51.1 Å². The van der Waals surface area contributed by atoms with Crippen molar-refractivity contribution in [1.29, 1.82) is 0 Å². The van der Waals surface area contributed by atoms with Gasteiger partial charge in [-0.1, -0.05) is 15.9 Å². The normalized spacial score (nSPS) is 12.1. The van der Waals surface area contributed by atoms with Gasteiger partial charge in [-0.3, -0.25) is 0 Å². The van der Waals surface area contributed by atoms with Gasteiger partial charge in [-0.15, -0.1) is 0 Å². The topological polar surface area (TPSA) is 90.4 Å². The third-order valence-electron chi connectivity index (χ3n) is 2.47. The first kappa shape index (κ1) is 14.5. The molecule has 1 aromatic carbocycles. The minimum atomic E-state index is -0.807. The van der Waals surface area contributed by atoms with Crippen LogP contribution in [0.2, 0.25) is 0 Å². The zero-order chi connectivity index (χ0) is 14.5. The van der Waals surface area contributed by atoms with Crippen LogP contribution in [-0.2, 0) is 6.54 Å². The van der Waals surface area contributed by atoms with Gasteiger partial charge in [-0.2, -0.15) is 4.68 Å². The minimum Gasteiger partial charge on any atom is -0.491 e. The van der Waals surface area contributed by atoms with Crippen molar-refractivity contribution in [2.45, 2.75) is 12.6 Å². The molecule has 0 aliphatic heterocycles. The highest BCUT2D eigenvalue weighted by atomic mass is 79.9. The third kappa shape index (κ3) is 4.04. The molecule has 0 saturated carbocycles. The number of aliphatic hydroxyl groups is 1. The van der Waals surface area contributed by atoms with E-state index in [9.17, 15) is 15.2 Å². The minimum absolute atomic E-state index is 0.0787. The standard InChI is InChI=1S/C12H12BrN3O4/c13-9-1-3-11(4-2-9)20-8-10(17)7-15-6-5-12(14-15)16(18)19/h1-6,10,17H,7-8H2. The molecule has 0 fully saturated rings. The average molecular weight is 342 g/mol. The van der Waals surface area contributed by atoms with Gasteiger partial charge in [0.05, 0.1) is 23.9 Å². The molecule has 0 aliphatic carbocycles. The molecule has 1 heterocycles. The maximum absolute atomic E-state index is 10.5. The summed E-state index contributed by atoms with van der Waals surface area (Å²) in [7, 11) is 0. The van der Waals surface area contributed by atoms with Gasteiger partial charge >= 0.3 is 5.82 Å². The Morgan fingerprint density at radius 1 is 1.40 bits per heavy atom. The molecule has 1 N–H and O–H groups in total. The molecule has 0 aliphatic rings. The van der Waals surface area contributed by atoms with E-state index in [-0.39, 0.29) is 19.0 Å². The molecule has 0 amide bonds. The Morgan fingerprint density at radius 2 is 2.10 bits per heavy atom. The lowest BCUT2D eigenvalue weighted by molar-refractivity contribution is -0.389. The zero-order valence-electron chi connectivity index (χ0n) is 10.3. The molecule has 20 heavy (non-hydrogen) atoms. The molecule has 7 nitrogen and oxygen atoms in total. The highest BCUT2D eigenvalue weighted by Crippen LogP contribution is 2.16. The van der Waals surface area contributed by atoms with Gasteiger partial charge in [0.25, 0.3) is 0 Å². The zero-order valence-corrected chi connectivity index (χ0v) is 11.9. The second-order valence-electron chi connectivity index (χ2n) is 4.07. The first-order chi connectivity index (χ1) is 9.54. The van der Waals surface area contributed by atoms with Gasteiger partial charge in [0.15, 0.2) is 0 Å².